The zero-order chi connectivity index (χ0) is 19.9. The average molecular weight is 416 g/mol. The third-order valence-electron chi connectivity index (χ3n) is 5.08. The van der Waals surface area contributed by atoms with Crippen molar-refractivity contribution in [1.29, 1.82) is 0 Å². The molecule has 0 aromatic carbocycles. The summed E-state index contributed by atoms with van der Waals surface area (Å²) in [6, 6.07) is 0.332. The fraction of sp³-hybridized carbons (Fsp3) is 0.667. The van der Waals surface area contributed by atoms with Gasteiger partial charge in [0, 0.05) is 6.04 Å². The number of fused-ring (bicyclic) bond motifs is 1. The quantitative estimate of drug-likeness (QED) is 0.334. The van der Waals surface area contributed by atoms with Gasteiger partial charge in [0.25, 0.3) is 0 Å². The molecule has 2 aromatic heterocycles. The number of nitrogens with one attached hydrogen (secondary N) is 1. The maximum atomic E-state index is 10.4. The van der Waals surface area contributed by atoms with Crippen molar-refractivity contribution in [2.24, 2.45) is 0 Å². The highest BCUT2D eigenvalue weighted by Gasteiger charge is 2.47. The number of hydrogen-bond donors (Lipinski definition) is 6. The van der Waals surface area contributed by atoms with Gasteiger partial charge in [0.05, 0.1) is 6.33 Å². The maximum absolute atomic E-state index is 10.4. The lowest BCUT2D eigenvalue weighted by atomic mass is 10.1. The van der Waals surface area contributed by atoms with Crippen molar-refractivity contribution in [3.8, 4) is 0 Å². The van der Waals surface area contributed by atoms with Crippen molar-refractivity contribution < 1.29 is 34.2 Å². The number of anilines is 1. The molecule has 0 spiro atoms. The zero-order valence-electron chi connectivity index (χ0n) is 14.9. The van der Waals surface area contributed by atoms with E-state index in [0.29, 0.717) is 23.0 Å². The molecule has 0 amide bonds. The Kier molecular flexibility index (Phi) is 5.47. The van der Waals surface area contributed by atoms with Crippen LogP contribution >= 0.6 is 8.17 Å². The molecule has 2 fully saturated rings. The van der Waals surface area contributed by atoms with E-state index in [-0.39, 0.29) is 0 Å². The Balaban J connectivity index is 1.55. The SMILES string of the molecule is O[C@@H]1[C@H](O)[C@@H](CO[P+](O)(O)O)O[C@H]1n1cnc2c(NC3CCCC3)ncnc21. The van der Waals surface area contributed by atoms with Crippen LogP contribution in [0, 0.1) is 0 Å². The summed E-state index contributed by atoms with van der Waals surface area (Å²) in [5, 5.41) is 23.9. The van der Waals surface area contributed by atoms with E-state index in [0.717, 1.165) is 12.8 Å². The second-order valence-electron chi connectivity index (χ2n) is 7.03. The molecule has 12 nitrogen and oxygen atoms in total. The fourth-order valence-corrected chi connectivity index (χ4v) is 4.02. The van der Waals surface area contributed by atoms with Gasteiger partial charge in [0.2, 0.25) is 0 Å². The predicted molar refractivity (Wildman–Crippen MR) is 96.7 cm³/mol. The van der Waals surface area contributed by atoms with Crippen LogP contribution in [-0.4, -0.2) is 75.4 Å². The van der Waals surface area contributed by atoms with Crippen molar-refractivity contribution in [3.05, 3.63) is 12.7 Å². The third-order valence-corrected chi connectivity index (χ3v) is 5.57. The lowest BCUT2D eigenvalue weighted by molar-refractivity contribution is -0.0523. The lowest BCUT2D eigenvalue weighted by Crippen LogP contribution is -2.33. The highest BCUT2D eigenvalue weighted by atomic mass is 31.2. The number of ether oxygens (including phenoxy) is 1. The van der Waals surface area contributed by atoms with Crippen LogP contribution in [-0.2, 0) is 9.26 Å². The summed E-state index contributed by atoms with van der Waals surface area (Å²) >= 11 is 0. The Hall–Kier alpha value is -1.50. The Labute approximate surface area is 160 Å². The van der Waals surface area contributed by atoms with Gasteiger partial charge in [-0.25, -0.2) is 15.0 Å². The first-order chi connectivity index (χ1) is 13.3. The van der Waals surface area contributed by atoms with Crippen molar-refractivity contribution in [2.75, 3.05) is 11.9 Å². The van der Waals surface area contributed by atoms with Gasteiger partial charge in [-0.05, 0) is 12.8 Å². The number of imidazole rings is 1. The largest absolute Gasteiger partial charge is 0.567 e. The van der Waals surface area contributed by atoms with Gasteiger partial charge in [0.1, 0.15) is 31.2 Å². The van der Waals surface area contributed by atoms with Gasteiger partial charge in [-0.2, -0.15) is 19.2 Å². The minimum Gasteiger partial charge on any atom is -0.387 e. The Morgan fingerprint density at radius 3 is 2.61 bits per heavy atom. The number of aliphatic hydroxyl groups is 2. The molecule has 2 aromatic rings. The summed E-state index contributed by atoms with van der Waals surface area (Å²) in [5.74, 6) is 0.596. The molecule has 1 aliphatic carbocycles. The summed E-state index contributed by atoms with van der Waals surface area (Å²) in [6.45, 7) is -0.512. The molecular weight excluding hydrogens is 393 g/mol. The first-order valence-corrected chi connectivity index (χ1v) is 10.6. The normalized spacial score (nSPS) is 29.0. The first-order valence-electron chi connectivity index (χ1n) is 9.01. The Morgan fingerprint density at radius 1 is 1.14 bits per heavy atom. The minimum atomic E-state index is -4.48. The maximum Gasteiger partial charge on any atom is 0.567 e. The van der Waals surface area contributed by atoms with E-state index >= 15 is 0 Å². The number of aliphatic hydroxyl groups excluding tert-OH is 2. The molecule has 0 unspecified atom stereocenters. The smallest absolute Gasteiger partial charge is 0.387 e. The molecule has 0 bridgehead atoms. The van der Waals surface area contributed by atoms with Crippen LogP contribution in [0.2, 0.25) is 0 Å². The third kappa shape index (κ3) is 3.95. The van der Waals surface area contributed by atoms with E-state index in [9.17, 15) is 10.2 Å². The van der Waals surface area contributed by atoms with Crippen LogP contribution in [0.25, 0.3) is 11.2 Å². The second kappa shape index (κ2) is 7.73. The Bertz CT molecular complexity index is 825. The monoisotopic (exact) mass is 416 g/mol. The summed E-state index contributed by atoms with van der Waals surface area (Å²) < 4.78 is 11.6. The van der Waals surface area contributed by atoms with E-state index in [1.807, 2.05) is 0 Å². The average Bonchev–Trinajstić information content (AvgIpc) is 3.35. The lowest BCUT2D eigenvalue weighted by Gasteiger charge is -2.17. The van der Waals surface area contributed by atoms with Crippen LogP contribution in [0.5, 0.6) is 0 Å². The van der Waals surface area contributed by atoms with Gasteiger partial charge in [0.15, 0.2) is 23.2 Å². The van der Waals surface area contributed by atoms with Crippen molar-refractivity contribution >= 4 is 25.2 Å². The van der Waals surface area contributed by atoms with E-state index in [2.05, 4.69) is 24.8 Å². The Morgan fingerprint density at radius 2 is 1.89 bits per heavy atom. The molecule has 4 atom stereocenters. The van der Waals surface area contributed by atoms with Crippen molar-refractivity contribution in [2.45, 2.75) is 56.3 Å². The molecule has 1 aliphatic heterocycles. The van der Waals surface area contributed by atoms with E-state index in [1.54, 1.807) is 0 Å². The van der Waals surface area contributed by atoms with Crippen LogP contribution in [0.15, 0.2) is 12.7 Å². The van der Waals surface area contributed by atoms with E-state index in [4.69, 9.17) is 19.4 Å². The van der Waals surface area contributed by atoms with Gasteiger partial charge in [-0.3, -0.25) is 4.57 Å². The number of aromatic nitrogens is 4. The molecule has 1 saturated carbocycles. The zero-order valence-corrected chi connectivity index (χ0v) is 15.8. The van der Waals surface area contributed by atoms with Gasteiger partial charge >= 0.3 is 8.17 Å². The molecule has 0 radical (unpaired) electrons. The van der Waals surface area contributed by atoms with Gasteiger partial charge in [-0.1, -0.05) is 12.8 Å². The van der Waals surface area contributed by atoms with Crippen molar-refractivity contribution in [1.82, 2.24) is 19.5 Å². The highest BCUT2D eigenvalue weighted by Crippen LogP contribution is 2.46. The predicted octanol–water partition coefficient (Wildman–Crippen LogP) is -0.529. The van der Waals surface area contributed by atoms with E-state index in [1.165, 1.54) is 30.1 Å². The van der Waals surface area contributed by atoms with Gasteiger partial charge < -0.3 is 20.3 Å². The van der Waals surface area contributed by atoms with Crippen LogP contribution in [0.1, 0.15) is 31.9 Å². The summed E-state index contributed by atoms with van der Waals surface area (Å²) in [6.07, 6.45) is 2.48. The number of nitrogens with zero attached hydrogens (tertiary/aromatic N) is 4. The van der Waals surface area contributed by atoms with Crippen molar-refractivity contribution in [3.63, 3.8) is 0 Å². The van der Waals surface area contributed by atoms with Crippen LogP contribution in [0.4, 0.5) is 5.82 Å². The molecule has 2 aliphatic rings. The molecule has 6 N–H and O–H groups in total. The molecule has 1 saturated heterocycles. The first kappa shape index (κ1) is 19.8. The second-order valence-corrected chi connectivity index (χ2v) is 8.31. The standard InChI is InChI=1S/C15H23N5O7P/c21-11-9(5-26-28(23,24)25)27-15(12(11)22)20-7-18-10-13(16-6-17-14(10)20)19-8-3-1-2-4-8/h6-9,11-12,15,21-25H,1-5H2,(H,16,17,19)/q+1/t9-,11-,12-,15-/m1/s1. The topological polar surface area (TPSA) is 175 Å². The molecule has 154 valence electrons. The van der Waals surface area contributed by atoms with Gasteiger partial charge in [-0.15, -0.1) is 0 Å². The van der Waals surface area contributed by atoms with Crippen LogP contribution in [0.3, 0.4) is 0 Å². The molecule has 4 rings (SSSR count). The summed E-state index contributed by atoms with van der Waals surface area (Å²) in [7, 11) is -4.48. The summed E-state index contributed by atoms with van der Waals surface area (Å²) in [5.41, 5.74) is 0.937. The fourth-order valence-electron chi connectivity index (χ4n) is 3.68. The number of hydrogen-bond acceptors (Lipinski definition) is 11. The number of rotatable bonds is 6. The van der Waals surface area contributed by atoms with Crippen LogP contribution < -0.4 is 5.32 Å². The molecule has 3 heterocycles. The molecule has 28 heavy (non-hydrogen) atoms. The van der Waals surface area contributed by atoms with E-state index < -0.39 is 39.3 Å². The molecular formula is C15H23N5O7P+. The summed E-state index contributed by atoms with van der Waals surface area (Å²) in [4.78, 5) is 39.6. The minimum absolute atomic E-state index is 0.332. The molecule has 13 heteroatoms. The highest BCUT2D eigenvalue weighted by molar-refractivity contribution is 7.53.